The Labute approximate surface area is 301 Å². The third kappa shape index (κ3) is 12.7. The highest BCUT2D eigenvalue weighted by Crippen LogP contribution is 2.38. The second kappa shape index (κ2) is 17.8. The number of rotatable bonds is 14. The molecule has 0 amide bonds. The minimum Gasteiger partial charge on any atom is -0.494 e. The van der Waals surface area contributed by atoms with Gasteiger partial charge in [0.1, 0.15) is 46.4 Å². The molecule has 0 saturated heterocycles. The largest absolute Gasteiger partial charge is 0.514 e. The van der Waals surface area contributed by atoms with Crippen LogP contribution in [0.4, 0.5) is 9.59 Å². The molecule has 272 valence electrons. The molecule has 51 heavy (non-hydrogen) atoms. The molecule has 4 aromatic rings. The topological polar surface area (TPSA) is 98.8 Å². The minimum absolute atomic E-state index is 0.342. The molecule has 0 spiro atoms. The van der Waals surface area contributed by atoms with Crippen LogP contribution >= 0.6 is 0 Å². The number of benzene rings is 4. The number of hydrogen-bond donors (Lipinski definition) is 0. The summed E-state index contributed by atoms with van der Waals surface area (Å²) in [6.45, 7) is 16.0. The van der Waals surface area contributed by atoms with Crippen molar-refractivity contribution >= 4 is 12.3 Å². The van der Waals surface area contributed by atoms with Gasteiger partial charge in [-0.2, -0.15) is 0 Å². The summed E-state index contributed by atoms with van der Waals surface area (Å²) in [6, 6.07) is 30.0. The van der Waals surface area contributed by atoms with E-state index in [1.807, 2.05) is 72.8 Å². The summed E-state index contributed by atoms with van der Waals surface area (Å²) >= 11 is 0. The number of ether oxygens (including phenoxy) is 7. The van der Waals surface area contributed by atoms with E-state index < -0.39 is 35.7 Å². The fourth-order valence-electron chi connectivity index (χ4n) is 4.91. The molecule has 0 N–H and O–H groups in total. The maximum atomic E-state index is 12.3. The molecule has 0 radical (unpaired) electrons. The number of carbonyl (C=O) groups is 2. The zero-order valence-electron chi connectivity index (χ0n) is 30.9. The summed E-state index contributed by atoms with van der Waals surface area (Å²) in [5.41, 5.74) is 2.06. The van der Waals surface area contributed by atoms with Crippen LogP contribution in [0.15, 0.2) is 97.1 Å². The molecule has 9 heteroatoms. The Morgan fingerprint density at radius 2 is 0.745 bits per heavy atom. The lowest BCUT2D eigenvalue weighted by atomic mass is 9.97. The zero-order valence-corrected chi connectivity index (χ0v) is 30.9. The van der Waals surface area contributed by atoms with Gasteiger partial charge in [-0.25, -0.2) is 9.59 Å². The van der Waals surface area contributed by atoms with Crippen molar-refractivity contribution in [3.8, 4) is 23.0 Å². The maximum absolute atomic E-state index is 12.3. The molecule has 0 aliphatic rings. The molecule has 4 aromatic carbocycles. The molecule has 0 heterocycles. The van der Waals surface area contributed by atoms with Crippen LogP contribution in [0.3, 0.4) is 0 Å². The average molecular weight is 699 g/mol. The molecule has 9 nitrogen and oxygen atoms in total. The molecular weight excluding hydrogens is 648 g/mol. The molecular formula is C42H50O9. The van der Waals surface area contributed by atoms with Crippen molar-refractivity contribution < 1.29 is 42.7 Å². The lowest BCUT2D eigenvalue weighted by Crippen LogP contribution is -2.26. The van der Waals surface area contributed by atoms with Crippen molar-refractivity contribution in [3.63, 3.8) is 0 Å². The second-order valence-corrected chi connectivity index (χ2v) is 14.0. The van der Waals surface area contributed by atoms with Gasteiger partial charge in [0.2, 0.25) is 0 Å². The van der Waals surface area contributed by atoms with Gasteiger partial charge in [-0.1, -0.05) is 62.4 Å². The van der Waals surface area contributed by atoms with Crippen molar-refractivity contribution in [1.29, 1.82) is 0 Å². The van der Waals surface area contributed by atoms with E-state index in [0.717, 1.165) is 46.6 Å². The van der Waals surface area contributed by atoms with Crippen molar-refractivity contribution in [1.82, 2.24) is 0 Å². The van der Waals surface area contributed by atoms with Crippen LogP contribution in [-0.4, -0.2) is 36.7 Å². The maximum Gasteiger partial charge on any atom is 0.514 e. The first-order valence-corrected chi connectivity index (χ1v) is 17.4. The van der Waals surface area contributed by atoms with E-state index in [-0.39, 0.29) is 0 Å². The number of carbonyl (C=O) groups excluding carboxylic acids is 2. The quantitative estimate of drug-likeness (QED) is 0.0941. The van der Waals surface area contributed by atoms with Crippen LogP contribution in [0.2, 0.25) is 0 Å². The van der Waals surface area contributed by atoms with Crippen LogP contribution in [0.5, 0.6) is 23.0 Å². The van der Waals surface area contributed by atoms with E-state index in [1.54, 1.807) is 65.8 Å². The van der Waals surface area contributed by atoms with Crippen molar-refractivity contribution in [2.45, 2.75) is 91.6 Å². The molecule has 0 bridgehead atoms. The Morgan fingerprint density at radius 1 is 0.471 bits per heavy atom. The van der Waals surface area contributed by atoms with Gasteiger partial charge in [0.05, 0.1) is 13.2 Å². The SMILES string of the molecule is CCCOc1ccc(C(OC(c2ccc(OCCC)cc2)c2ccc(OC(=O)OC(C)(C)C)cc2)c2ccc(OC(=O)OC(C)(C)C)cc2)cc1. The summed E-state index contributed by atoms with van der Waals surface area (Å²) in [6.07, 6.45) is -0.875. The van der Waals surface area contributed by atoms with Crippen LogP contribution in [0.25, 0.3) is 0 Å². The van der Waals surface area contributed by atoms with Crippen LogP contribution < -0.4 is 18.9 Å². The Hall–Kier alpha value is -5.02. The van der Waals surface area contributed by atoms with Gasteiger partial charge in [0.25, 0.3) is 0 Å². The van der Waals surface area contributed by atoms with Crippen molar-refractivity contribution in [2.24, 2.45) is 0 Å². The van der Waals surface area contributed by atoms with Gasteiger partial charge in [0, 0.05) is 0 Å². The van der Waals surface area contributed by atoms with E-state index in [9.17, 15) is 9.59 Å². The molecule has 0 aliphatic heterocycles. The monoisotopic (exact) mass is 698 g/mol. The smallest absolute Gasteiger partial charge is 0.494 e. The van der Waals surface area contributed by atoms with Gasteiger partial charge in [-0.15, -0.1) is 0 Å². The highest BCUT2D eigenvalue weighted by atomic mass is 16.7. The van der Waals surface area contributed by atoms with Gasteiger partial charge in [-0.05, 0) is 125 Å². The highest BCUT2D eigenvalue weighted by molar-refractivity contribution is 5.65. The fourth-order valence-corrected chi connectivity index (χ4v) is 4.91. The third-order valence-electron chi connectivity index (χ3n) is 7.13. The first kappa shape index (κ1) is 38.8. The predicted molar refractivity (Wildman–Crippen MR) is 196 cm³/mol. The Kier molecular flexibility index (Phi) is 13.5. The minimum atomic E-state index is -0.781. The first-order valence-electron chi connectivity index (χ1n) is 17.4. The average Bonchev–Trinajstić information content (AvgIpc) is 3.07. The molecule has 0 aromatic heterocycles. The summed E-state index contributed by atoms with van der Waals surface area (Å²) in [5, 5.41) is 0. The molecule has 0 fully saturated rings. The lowest BCUT2D eigenvalue weighted by Gasteiger charge is -2.27. The summed E-state index contributed by atoms with van der Waals surface area (Å²) in [7, 11) is 0. The normalized spacial score (nSPS) is 12.7. The van der Waals surface area contributed by atoms with E-state index in [2.05, 4.69) is 13.8 Å². The lowest BCUT2D eigenvalue weighted by molar-refractivity contribution is 0.0193. The summed E-state index contributed by atoms with van der Waals surface area (Å²) in [5.74, 6) is 2.21. The zero-order chi connectivity index (χ0) is 37.0. The van der Waals surface area contributed by atoms with E-state index >= 15 is 0 Å². The molecule has 0 saturated carbocycles. The van der Waals surface area contributed by atoms with E-state index in [1.165, 1.54) is 0 Å². The third-order valence-corrected chi connectivity index (χ3v) is 7.13. The number of hydrogen-bond acceptors (Lipinski definition) is 9. The Balaban J connectivity index is 1.70. The predicted octanol–water partition coefficient (Wildman–Crippen LogP) is 10.8. The molecule has 2 atom stereocenters. The van der Waals surface area contributed by atoms with Gasteiger partial charge in [0.15, 0.2) is 0 Å². The van der Waals surface area contributed by atoms with E-state index in [0.29, 0.717) is 24.7 Å². The second-order valence-electron chi connectivity index (χ2n) is 14.0. The van der Waals surface area contributed by atoms with Crippen molar-refractivity contribution in [3.05, 3.63) is 119 Å². The van der Waals surface area contributed by atoms with Crippen LogP contribution in [0.1, 0.15) is 103 Å². The summed E-state index contributed by atoms with van der Waals surface area (Å²) < 4.78 is 40.3. The Morgan fingerprint density at radius 3 is 1.00 bits per heavy atom. The summed E-state index contributed by atoms with van der Waals surface area (Å²) in [4.78, 5) is 24.7. The highest BCUT2D eigenvalue weighted by Gasteiger charge is 2.25. The first-order chi connectivity index (χ1) is 24.2. The molecule has 2 unspecified atom stereocenters. The van der Waals surface area contributed by atoms with E-state index in [4.69, 9.17) is 33.2 Å². The van der Waals surface area contributed by atoms with Gasteiger partial charge in [-0.3, -0.25) is 0 Å². The standard InChI is InChI=1S/C42H50O9/c1-9-27-45-33-19-11-29(12-20-33)37(31-15-23-35(24-16-31)47-39(43)50-41(3,4)5)49-38(30-13-21-34(22-14-30)46-28-10-2)32-17-25-36(26-18-32)48-40(44)51-42(6,7)8/h11-26,37-38H,9-10,27-28H2,1-8H3. The van der Waals surface area contributed by atoms with Crippen LogP contribution in [0, 0.1) is 0 Å². The molecule has 4 rings (SSSR count). The molecule has 0 aliphatic carbocycles. The van der Waals surface area contributed by atoms with Gasteiger partial charge >= 0.3 is 12.3 Å². The van der Waals surface area contributed by atoms with Crippen LogP contribution in [-0.2, 0) is 14.2 Å². The van der Waals surface area contributed by atoms with Gasteiger partial charge < -0.3 is 33.2 Å². The van der Waals surface area contributed by atoms with Crippen molar-refractivity contribution in [2.75, 3.05) is 13.2 Å². The Bertz CT molecular complexity index is 1540. The fraction of sp³-hybridized carbons (Fsp3) is 0.381.